The largest absolute Gasteiger partial charge is 0.289 e. The van der Waals surface area contributed by atoms with Crippen LogP contribution < -0.4 is 0 Å². The fourth-order valence-electron chi connectivity index (χ4n) is 2.20. The van der Waals surface area contributed by atoms with Crippen molar-refractivity contribution >= 4 is 32.6 Å². The number of carbonyl (C=O) groups is 1. The third-order valence-corrected chi connectivity index (χ3v) is 4.09. The van der Waals surface area contributed by atoms with E-state index in [2.05, 4.69) is 20.9 Å². The second kappa shape index (κ2) is 5.37. The van der Waals surface area contributed by atoms with Crippen molar-refractivity contribution in [3.8, 4) is 0 Å². The summed E-state index contributed by atoms with van der Waals surface area (Å²) in [5, 5.41) is 0.888. The summed E-state index contributed by atoms with van der Waals surface area (Å²) >= 11 is 3.13. The van der Waals surface area contributed by atoms with Crippen LogP contribution in [0.3, 0.4) is 0 Å². The van der Waals surface area contributed by atoms with Gasteiger partial charge in [0.25, 0.3) is 0 Å². The fourth-order valence-corrected chi connectivity index (χ4v) is 2.65. The number of aromatic nitrogens is 1. The zero-order chi connectivity index (χ0) is 15.0. The van der Waals surface area contributed by atoms with Crippen molar-refractivity contribution in [1.29, 1.82) is 0 Å². The fraction of sp³-hybridized carbons (Fsp3) is 0.0588. The van der Waals surface area contributed by atoms with Crippen molar-refractivity contribution in [2.45, 2.75) is 6.92 Å². The van der Waals surface area contributed by atoms with Crippen LogP contribution >= 0.6 is 15.9 Å². The molecule has 0 saturated carbocycles. The second-order valence-electron chi connectivity index (χ2n) is 4.79. The lowest BCUT2D eigenvalue weighted by atomic mass is 10.0. The molecule has 3 aromatic rings. The first-order chi connectivity index (χ1) is 10.1. The summed E-state index contributed by atoms with van der Waals surface area (Å²) in [7, 11) is 0. The summed E-state index contributed by atoms with van der Waals surface area (Å²) < 4.78 is 13.7. The molecule has 0 aliphatic rings. The average Bonchev–Trinajstić information content (AvgIpc) is 2.49. The Balaban J connectivity index is 2.09. The highest BCUT2D eigenvalue weighted by atomic mass is 79.9. The lowest BCUT2D eigenvalue weighted by Gasteiger charge is -2.06. The van der Waals surface area contributed by atoms with Crippen molar-refractivity contribution in [1.82, 2.24) is 4.98 Å². The van der Waals surface area contributed by atoms with Gasteiger partial charge in [-0.25, -0.2) is 4.39 Å². The minimum Gasteiger partial charge on any atom is -0.289 e. The standard InChI is InChI=1S/C17H11BrFNO/c1-10-5-6-11-9-12(7-8-15(11)20-10)17(21)13-3-2-4-14(19)16(13)18/h2-9H,1H3. The molecule has 3 rings (SSSR count). The molecule has 0 amide bonds. The van der Waals surface area contributed by atoms with Gasteiger partial charge in [0, 0.05) is 22.2 Å². The molecular formula is C17H11BrFNO. The molecule has 0 saturated heterocycles. The van der Waals surface area contributed by atoms with Crippen LogP contribution in [0.5, 0.6) is 0 Å². The van der Waals surface area contributed by atoms with Crippen LogP contribution in [0.15, 0.2) is 53.0 Å². The van der Waals surface area contributed by atoms with Crippen LogP contribution in [0.2, 0.25) is 0 Å². The zero-order valence-corrected chi connectivity index (χ0v) is 12.8. The van der Waals surface area contributed by atoms with Crippen LogP contribution in [0.1, 0.15) is 21.6 Å². The number of ketones is 1. The third-order valence-electron chi connectivity index (χ3n) is 3.29. The number of pyridine rings is 1. The Hall–Kier alpha value is -2.07. The van der Waals surface area contributed by atoms with Crippen LogP contribution in [-0.2, 0) is 0 Å². The zero-order valence-electron chi connectivity index (χ0n) is 11.2. The maximum Gasteiger partial charge on any atom is 0.194 e. The second-order valence-corrected chi connectivity index (χ2v) is 5.58. The molecule has 0 aliphatic heterocycles. The van der Waals surface area contributed by atoms with E-state index in [0.717, 1.165) is 16.6 Å². The average molecular weight is 344 g/mol. The number of hydrogen-bond acceptors (Lipinski definition) is 2. The van der Waals surface area contributed by atoms with Crippen LogP contribution in [0.4, 0.5) is 4.39 Å². The summed E-state index contributed by atoms with van der Waals surface area (Å²) in [6.45, 7) is 1.92. The highest BCUT2D eigenvalue weighted by molar-refractivity contribution is 9.10. The minimum absolute atomic E-state index is 0.192. The lowest BCUT2D eigenvalue weighted by Crippen LogP contribution is -2.03. The Morgan fingerprint density at radius 3 is 2.76 bits per heavy atom. The molecule has 0 N–H and O–H groups in total. The molecule has 0 spiro atoms. The summed E-state index contributed by atoms with van der Waals surface area (Å²) in [5.74, 6) is -0.664. The molecule has 0 bridgehead atoms. The number of benzene rings is 2. The van der Waals surface area contributed by atoms with Crippen molar-refractivity contribution in [2.24, 2.45) is 0 Å². The van der Waals surface area contributed by atoms with Crippen molar-refractivity contribution in [3.05, 3.63) is 75.6 Å². The number of aryl methyl sites for hydroxylation is 1. The third kappa shape index (κ3) is 2.59. The number of nitrogens with zero attached hydrogens (tertiary/aromatic N) is 1. The number of hydrogen-bond donors (Lipinski definition) is 0. The number of halogens is 2. The van der Waals surface area contributed by atoms with E-state index in [9.17, 15) is 9.18 Å². The van der Waals surface area contributed by atoms with Crippen LogP contribution in [0.25, 0.3) is 10.9 Å². The number of rotatable bonds is 2. The van der Waals surface area contributed by atoms with Gasteiger partial charge in [-0.2, -0.15) is 0 Å². The molecule has 1 heterocycles. The van der Waals surface area contributed by atoms with E-state index in [4.69, 9.17) is 0 Å². The van der Waals surface area contributed by atoms with Crippen molar-refractivity contribution < 1.29 is 9.18 Å². The molecule has 0 aliphatic carbocycles. The van der Waals surface area contributed by atoms with E-state index in [1.54, 1.807) is 18.2 Å². The molecular weight excluding hydrogens is 333 g/mol. The first-order valence-corrected chi connectivity index (χ1v) is 7.22. The molecule has 2 nitrogen and oxygen atoms in total. The predicted octanol–water partition coefficient (Wildman–Crippen LogP) is 4.68. The SMILES string of the molecule is Cc1ccc2cc(C(=O)c3cccc(F)c3Br)ccc2n1. The molecule has 0 fully saturated rings. The van der Waals surface area contributed by atoms with Gasteiger partial charge in [0.15, 0.2) is 5.78 Å². The Kier molecular flexibility index (Phi) is 3.55. The lowest BCUT2D eigenvalue weighted by molar-refractivity contribution is 0.103. The maximum absolute atomic E-state index is 13.5. The molecule has 104 valence electrons. The molecule has 0 unspecified atom stereocenters. The molecule has 21 heavy (non-hydrogen) atoms. The van der Waals surface area contributed by atoms with Crippen LogP contribution in [0, 0.1) is 12.7 Å². The Morgan fingerprint density at radius 2 is 1.95 bits per heavy atom. The highest BCUT2D eigenvalue weighted by Crippen LogP contribution is 2.24. The normalized spacial score (nSPS) is 10.8. The van der Waals surface area contributed by atoms with Crippen LogP contribution in [-0.4, -0.2) is 10.8 Å². The summed E-state index contributed by atoms with van der Waals surface area (Å²) in [6, 6.07) is 13.6. The van der Waals surface area contributed by atoms with Gasteiger partial charge in [0.2, 0.25) is 0 Å². The first-order valence-electron chi connectivity index (χ1n) is 6.42. The van der Waals surface area contributed by atoms with E-state index in [1.807, 2.05) is 25.1 Å². The van der Waals surface area contributed by atoms with Gasteiger partial charge >= 0.3 is 0 Å². The molecule has 0 radical (unpaired) electrons. The van der Waals surface area contributed by atoms with E-state index in [-0.39, 0.29) is 10.3 Å². The Labute approximate surface area is 129 Å². The Morgan fingerprint density at radius 1 is 1.14 bits per heavy atom. The van der Waals surface area contributed by atoms with Gasteiger partial charge in [-0.05, 0) is 59.3 Å². The maximum atomic E-state index is 13.5. The van der Waals surface area contributed by atoms with Gasteiger partial charge < -0.3 is 0 Å². The highest BCUT2D eigenvalue weighted by Gasteiger charge is 2.15. The predicted molar refractivity (Wildman–Crippen MR) is 84.0 cm³/mol. The van der Waals surface area contributed by atoms with Gasteiger partial charge in [-0.1, -0.05) is 12.1 Å². The first kappa shape index (κ1) is 13.9. The van der Waals surface area contributed by atoms with Crippen molar-refractivity contribution in [3.63, 3.8) is 0 Å². The van der Waals surface area contributed by atoms with E-state index >= 15 is 0 Å². The van der Waals surface area contributed by atoms with Crippen molar-refractivity contribution in [2.75, 3.05) is 0 Å². The van der Waals surface area contributed by atoms with E-state index in [1.165, 1.54) is 12.1 Å². The summed E-state index contributed by atoms with van der Waals surface area (Å²) in [4.78, 5) is 16.9. The monoisotopic (exact) mass is 343 g/mol. The molecule has 2 aromatic carbocycles. The summed E-state index contributed by atoms with van der Waals surface area (Å²) in [6.07, 6.45) is 0. The van der Waals surface area contributed by atoms with E-state index in [0.29, 0.717) is 11.1 Å². The van der Waals surface area contributed by atoms with Gasteiger partial charge in [0.1, 0.15) is 5.82 Å². The Bertz CT molecular complexity index is 861. The van der Waals surface area contributed by atoms with Gasteiger partial charge in [0.05, 0.1) is 9.99 Å². The number of carbonyl (C=O) groups excluding carboxylic acids is 1. The number of fused-ring (bicyclic) bond motifs is 1. The topological polar surface area (TPSA) is 30.0 Å². The van der Waals surface area contributed by atoms with E-state index < -0.39 is 5.82 Å². The quantitative estimate of drug-likeness (QED) is 0.632. The summed E-state index contributed by atoms with van der Waals surface area (Å²) in [5.41, 5.74) is 2.59. The smallest absolute Gasteiger partial charge is 0.194 e. The molecule has 1 aromatic heterocycles. The molecule has 0 atom stereocenters. The van der Waals surface area contributed by atoms with Gasteiger partial charge in [-0.15, -0.1) is 0 Å². The minimum atomic E-state index is -0.445. The van der Waals surface area contributed by atoms with Gasteiger partial charge in [-0.3, -0.25) is 9.78 Å². The molecule has 4 heteroatoms.